The number of nitrogens with two attached hydrogens (primary N) is 1. The second-order valence-corrected chi connectivity index (χ2v) is 4.44. The topological polar surface area (TPSA) is 61.3 Å². The number of benzene rings is 2. The first kappa shape index (κ1) is 11.6. The summed E-state index contributed by atoms with van der Waals surface area (Å²) in [5.41, 5.74) is 9.00. The Hall–Kier alpha value is -2.49. The van der Waals surface area contributed by atoms with E-state index in [4.69, 9.17) is 14.9 Å². The minimum atomic E-state index is 0.304. The number of ether oxygens (including phenoxy) is 1. The van der Waals surface area contributed by atoms with Gasteiger partial charge < -0.3 is 14.9 Å². The molecule has 3 aromatic rings. The molecular formula is C15H14N2O2. The van der Waals surface area contributed by atoms with Crippen molar-refractivity contribution in [2.24, 2.45) is 0 Å². The van der Waals surface area contributed by atoms with Crippen molar-refractivity contribution < 1.29 is 9.15 Å². The maximum Gasteiger partial charge on any atom is 0.233 e. The number of fused-ring (bicyclic) bond motifs is 1. The first-order valence-electron chi connectivity index (χ1n) is 6.05. The molecule has 0 amide bonds. The van der Waals surface area contributed by atoms with Gasteiger partial charge in [0.1, 0.15) is 11.3 Å². The van der Waals surface area contributed by atoms with Crippen LogP contribution in [0.4, 0.5) is 5.69 Å². The fraction of sp³-hybridized carbons (Fsp3) is 0.133. The highest BCUT2D eigenvalue weighted by atomic mass is 16.5. The fourth-order valence-corrected chi connectivity index (χ4v) is 1.90. The first-order valence-corrected chi connectivity index (χ1v) is 6.05. The maximum absolute atomic E-state index is 5.70. The molecule has 19 heavy (non-hydrogen) atoms. The molecule has 4 heteroatoms. The van der Waals surface area contributed by atoms with Crippen LogP contribution in [0.15, 0.2) is 46.9 Å². The highest BCUT2D eigenvalue weighted by Crippen LogP contribution is 2.20. The van der Waals surface area contributed by atoms with E-state index < -0.39 is 0 Å². The zero-order chi connectivity index (χ0) is 13.2. The van der Waals surface area contributed by atoms with Crippen molar-refractivity contribution in [2.75, 3.05) is 5.73 Å². The summed E-state index contributed by atoms with van der Waals surface area (Å²) >= 11 is 0. The van der Waals surface area contributed by atoms with Crippen LogP contribution in [0.3, 0.4) is 0 Å². The summed E-state index contributed by atoms with van der Waals surface area (Å²) < 4.78 is 11.2. The second-order valence-electron chi connectivity index (χ2n) is 4.44. The van der Waals surface area contributed by atoms with Gasteiger partial charge in [0.15, 0.2) is 12.2 Å². The highest BCUT2D eigenvalue weighted by molar-refractivity contribution is 5.76. The quantitative estimate of drug-likeness (QED) is 0.728. The summed E-state index contributed by atoms with van der Waals surface area (Å²) in [6.07, 6.45) is 0. The zero-order valence-electron chi connectivity index (χ0n) is 10.6. The van der Waals surface area contributed by atoms with E-state index >= 15 is 0 Å². The first-order chi connectivity index (χ1) is 9.20. The van der Waals surface area contributed by atoms with E-state index in [1.165, 1.54) is 0 Å². The molecule has 0 saturated heterocycles. The second kappa shape index (κ2) is 4.65. The molecule has 3 rings (SSSR count). The van der Waals surface area contributed by atoms with Crippen molar-refractivity contribution in [1.29, 1.82) is 0 Å². The maximum atomic E-state index is 5.70. The van der Waals surface area contributed by atoms with Gasteiger partial charge in [-0.3, -0.25) is 0 Å². The molecule has 0 atom stereocenters. The SMILES string of the molecule is Cc1cccc(OCc2nc3cc(N)ccc3o2)c1. The Labute approximate surface area is 110 Å². The molecule has 0 radical (unpaired) electrons. The lowest BCUT2D eigenvalue weighted by atomic mass is 10.2. The van der Waals surface area contributed by atoms with Gasteiger partial charge in [-0.05, 0) is 42.8 Å². The van der Waals surface area contributed by atoms with Crippen molar-refractivity contribution >= 4 is 16.8 Å². The van der Waals surface area contributed by atoms with Crippen molar-refractivity contribution in [1.82, 2.24) is 4.98 Å². The van der Waals surface area contributed by atoms with E-state index in [0.717, 1.165) is 22.4 Å². The summed E-state index contributed by atoms with van der Waals surface area (Å²) in [7, 11) is 0. The van der Waals surface area contributed by atoms with Gasteiger partial charge in [0, 0.05) is 5.69 Å². The van der Waals surface area contributed by atoms with Gasteiger partial charge in [-0.25, -0.2) is 4.98 Å². The molecule has 2 N–H and O–H groups in total. The molecule has 0 aliphatic rings. The Morgan fingerprint density at radius 1 is 1.21 bits per heavy atom. The third kappa shape index (κ3) is 2.52. The summed E-state index contributed by atoms with van der Waals surface area (Å²) in [5.74, 6) is 1.35. The van der Waals surface area contributed by atoms with Crippen LogP contribution in [-0.2, 0) is 6.61 Å². The minimum Gasteiger partial charge on any atom is -0.484 e. The third-order valence-corrected chi connectivity index (χ3v) is 2.81. The van der Waals surface area contributed by atoms with Crippen LogP contribution in [0, 0.1) is 6.92 Å². The Bertz CT molecular complexity index is 719. The monoisotopic (exact) mass is 254 g/mol. The lowest BCUT2D eigenvalue weighted by Gasteiger charge is -2.03. The number of rotatable bonds is 3. The van der Waals surface area contributed by atoms with Crippen LogP contribution >= 0.6 is 0 Å². The van der Waals surface area contributed by atoms with Crippen LogP contribution in [-0.4, -0.2) is 4.98 Å². The summed E-state index contributed by atoms with van der Waals surface area (Å²) in [6, 6.07) is 13.3. The molecule has 0 aliphatic heterocycles. The molecule has 0 spiro atoms. The van der Waals surface area contributed by atoms with Crippen LogP contribution in [0.25, 0.3) is 11.1 Å². The largest absolute Gasteiger partial charge is 0.484 e. The molecule has 0 unspecified atom stereocenters. The van der Waals surface area contributed by atoms with E-state index in [9.17, 15) is 0 Å². The van der Waals surface area contributed by atoms with Gasteiger partial charge in [0.25, 0.3) is 0 Å². The van der Waals surface area contributed by atoms with Crippen molar-refractivity contribution in [3.05, 3.63) is 53.9 Å². The minimum absolute atomic E-state index is 0.304. The number of nitrogens with zero attached hydrogens (tertiary/aromatic N) is 1. The summed E-state index contributed by atoms with van der Waals surface area (Å²) in [6.45, 7) is 2.33. The molecule has 1 heterocycles. The Morgan fingerprint density at radius 3 is 2.95 bits per heavy atom. The summed E-state index contributed by atoms with van der Waals surface area (Å²) in [4.78, 5) is 4.34. The number of hydrogen-bond donors (Lipinski definition) is 1. The average molecular weight is 254 g/mol. The van der Waals surface area contributed by atoms with Crippen LogP contribution in [0.1, 0.15) is 11.5 Å². The zero-order valence-corrected chi connectivity index (χ0v) is 10.6. The number of aromatic nitrogens is 1. The number of anilines is 1. The Balaban J connectivity index is 1.78. The van der Waals surface area contributed by atoms with E-state index in [1.54, 1.807) is 12.1 Å². The molecule has 1 aromatic heterocycles. The van der Waals surface area contributed by atoms with Crippen molar-refractivity contribution in [2.45, 2.75) is 13.5 Å². The van der Waals surface area contributed by atoms with E-state index in [1.807, 2.05) is 37.3 Å². The van der Waals surface area contributed by atoms with Gasteiger partial charge in [-0.1, -0.05) is 12.1 Å². The smallest absolute Gasteiger partial charge is 0.233 e. The molecule has 96 valence electrons. The molecule has 2 aromatic carbocycles. The lowest BCUT2D eigenvalue weighted by molar-refractivity contribution is 0.267. The van der Waals surface area contributed by atoms with Crippen LogP contribution in [0.5, 0.6) is 5.75 Å². The fourth-order valence-electron chi connectivity index (χ4n) is 1.90. The summed E-state index contributed by atoms with van der Waals surface area (Å²) in [5, 5.41) is 0. The van der Waals surface area contributed by atoms with E-state index in [-0.39, 0.29) is 0 Å². The van der Waals surface area contributed by atoms with E-state index in [0.29, 0.717) is 18.2 Å². The molecule has 0 bridgehead atoms. The van der Waals surface area contributed by atoms with E-state index in [2.05, 4.69) is 4.98 Å². The third-order valence-electron chi connectivity index (χ3n) is 2.81. The Morgan fingerprint density at radius 2 is 2.11 bits per heavy atom. The molecule has 0 saturated carbocycles. The predicted molar refractivity (Wildman–Crippen MR) is 73.9 cm³/mol. The Kier molecular flexibility index (Phi) is 2.83. The molecular weight excluding hydrogens is 240 g/mol. The lowest BCUT2D eigenvalue weighted by Crippen LogP contribution is -1.95. The van der Waals surface area contributed by atoms with Crippen LogP contribution in [0.2, 0.25) is 0 Å². The predicted octanol–water partition coefficient (Wildman–Crippen LogP) is 3.30. The van der Waals surface area contributed by atoms with Crippen LogP contribution < -0.4 is 10.5 Å². The van der Waals surface area contributed by atoms with Crippen molar-refractivity contribution in [3.63, 3.8) is 0 Å². The van der Waals surface area contributed by atoms with Gasteiger partial charge in [0.05, 0.1) is 0 Å². The number of nitrogen functional groups attached to an aromatic ring is 1. The van der Waals surface area contributed by atoms with Gasteiger partial charge in [-0.2, -0.15) is 0 Å². The standard InChI is InChI=1S/C15H14N2O2/c1-10-3-2-4-12(7-10)18-9-15-17-13-8-11(16)5-6-14(13)19-15/h2-8H,9,16H2,1H3. The average Bonchev–Trinajstić information content (AvgIpc) is 2.78. The highest BCUT2D eigenvalue weighted by Gasteiger charge is 2.06. The van der Waals surface area contributed by atoms with Gasteiger partial charge in [-0.15, -0.1) is 0 Å². The molecule has 0 aliphatic carbocycles. The number of aryl methyl sites for hydroxylation is 1. The normalized spacial score (nSPS) is 10.8. The van der Waals surface area contributed by atoms with Crippen molar-refractivity contribution in [3.8, 4) is 5.75 Å². The molecule has 4 nitrogen and oxygen atoms in total. The van der Waals surface area contributed by atoms with Gasteiger partial charge >= 0.3 is 0 Å². The molecule has 0 fully saturated rings. The number of oxazole rings is 1. The van der Waals surface area contributed by atoms with Gasteiger partial charge in [0.2, 0.25) is 5.89 Å². The number of hydrogen-bond acceptors (Lipinski definition) is 4.